The predicted octanol–water partition coefficient (Wildman–Crippen LogP) is 7.44. The van der Waals surface area contributed by atoms with Crippen LogP contribution in [-0.4, -0.2) is 34.5 Å². The van der Waals surface area contributed by atoms with Gasteiger partial charge in [0.15, 0.2) is 5.82 Å². The van der Waals surface area contributed by atoms with Crippen molar-refractivity contribution >= 4 is 39.5 Å². The summed E-state index contributed by atoms with van der Waals surface area (Å²) in [6, 6.07) is 13.9. The molecule has 0 N–H and O–H groups in total. The molecule has 40 heavy (non-hydrogen) atoms. The number of benzene rings is 2. The monoisotopic (exact) mass is 577 g/mol. The number of carbonyl (C=O) groups is 1. The topological polar surface area (TPSA) is 75.5 Å². The third-order valence-corrected chi connectivity index (χ3v) is 7.68. The van der Waals surface area contributed by atoms with Crippen molar-refractivity contribution in [3.8, 4) is 22.9 Å². The molecular formula is C31H32ClN3O4S. The molecule has 0 fully saturated rings. The van der Waals surface area contributed by atoms with E-state index in [4.69, 9.17) is 25.8 Å². The van der Waals surface area contributed by atoms with E-state index >= 15 is 0 Å². The number of carbonyl (C=O) groups excluding carboxylic acids is 1. The fraction of sp³-hybridized carbons (Fsp3) is 0.258. The highest BCUT2D eigenvalue weighted by Crippen LogP contribution is 2.37. The number of aryl methyl sites for hydroxylation is 2. The maximum absolute atomic E-state index is 12.5. The maximum Gasteiger partial charge on any atom is 0.339 e. The zero-order valence-electron chi connectivity index (χ0n) is 23.3. The number of aromatic nitrogens is 3. The Balaban J connectivity index is 1.60. The molecule has 0 aliphatic heterocycles. The van der Waals surface area contributed by atoms with Gasteiger partial charge in [-0.15, -0.1) is 21.5 Å². The van der Waals surface area contributed by atoms with Crippen molar-refractivity contribution in [3.05, 3.63) is 93.5 Å². The van der Waals surface area contributed by atoms with E-state index in [0.29, 0.717) is 33.3 Å². The molecule has 2 aromatic carbocycles. The molecule has 2 heterocycles. The van der Waals surface area contributed by atoms with Crippen LogP contribution in [-0.2, 0) is 22.7 Å². The number of rotatable bonds is 11. The average molecular weight is 578 g/mol. The molecule has 208 valence electrons. The van der Waals surface area contributed by atoms with Crippen LogP contribution in [0, 0.1) is 13.8 Å². The number of allylic oxidation sites excluding steroid dienone is 1. The van der Waals surface area contributed by atoms with Crippen molar-refractivity contribution in [2.75, 3.05) is 13.7 Å². The number of thiophene rings is 1. The molecule has 4 aromatic rings. The molecule has 0 bridgehead atoms. The largest absolute Gasteiger partial charge is 0.497 e. The van der Waals surface area contributed by atoms with Gasteiger partial charge in [-0.05, 0) is 62.4 Å². The van der Waals surface area contributed by atoms with Crippen LogP contribution in [0.5, 0.6) is 11.5 Å². The summed E-state index contributed by atoms with van der Waals surface area (Å²) in [6.07, 6.45) is 1.73. The lowest BCUT2D eigenvalue weighted by Gasteiger charge is -2.14. The number of methoxy groups -OCH3 is 1. The van der Waals surface area contributed by atoms with Gasteiger partial charge in [0, 0.05) is 21.7 Å². The zero-order chi connectivity index (χ0) is 28.8. The minimum atomic E-state index is -0.393. The van der Waals surface area contributed by atoms with Gasteiger partial charge in [0.2, 0.25) is 0 Å². The Morgan fingerprint density at radius 1 is 1.15 bits per heavy atom. The summed E-state index contributed by atoms with van der Waals surface area (Å²) < 4.78 is 18.9. The molecule has 0 atom stereocenters. The first-order chi connectivity index (χ1) is 19.3. The highest BCUT2D eigenvalue weighted by Gasteiger charge is 2.22. The number of esters is 1. The van der Waals surface area contributed by atoms with Gasteiger partial charge in [-0.25, -0.2) is 4.79 Å². The smallest absolute Gasteiger partial charge is 0.339 e. The van der Waals surface area contributed by atoms with Crippen molar-refractivity contribution in [1.82, 2.24) is 14.8 Å². The highest BCUT2D eigenvalue weighted by atomic mass is 35.5. The highest BCUT2D eigenvalue weighted by molar-refractivity contribution is 7.12. The first-order valence-corrected chi connectivity index (χ1v) is 14.1. The second kappa shape index (κ2) is 13.0. The third kappa shape index (κ3) is 6.29. The average Bonchev–Trinajstić information content (AvgIpc) is 3.53. The van der Waals surface area contributed by atoms with E-state index in [1.165, 1.54) is 11.3 Å². The van der Waals surface area contributed by atoms with Gasteiger partial charge >= 0.3 is 5.97 Å². The Morgan fingerprint density at radius 2 is 1.90 bits per heavy atom. The molecule has 0 unspecified atom stereocenters. The second-order valence-corrected chi connectivity index (χ2v) is 10.4. The van der Waals surface area contributed by atoms with Gasteiger partial charge in [-0.2, -0.15) is 0 Å². The van der Waals surface area contributed by atoms with Crippen LogP contribution in [0.3, 0.4) is 0 Å². The Labute approximate surface area is 243 Å². The van der Waals surface area contributed by atoms with Gasteiger partial charge in [0.1, 0.15) is 23.9 Å². The number of hydrogen-bond acceptors (Lipinski definition) is 7. The van der Waals surface area contributed by atoms with Crippen molar-refractivity contribution in [1.29, 1.82) is 0 Å². The number of ether oxygens (including phenoxy) is 3. The SMILES string of the molecule is C=C(Cl)c1c(COc2cc(-c3nnc(C)n3Cc3ccc(OC)cc3)ccc2C)csc1/C(=C\C)C(=O)OCC. The minimum Gasteiger partial charge on any atom is -0.497 e. The molecule has 0 amide bonds. The van der Waals surface area contributed by atoms with Crippen LogP contribution in [0.4, 0.5) is 0 Å². The van der Waals surface area contributed by atoms with E-state index in [0.717, 1.165) is 39.7 Å². The van der Waals surface area contributed by atoms with Gasteiger partial charge in [0.25, 0.3) is 0 Å². The lowest BCUT2D eigenvalue weighted by molar-refractivity contribution is -0.136. The lowest BCUT2D eigenvalue weighted by atomic mass is 10.1. The molecule has 4 rings (SSSR count). The van der Waals surface area contributed by atoms with Crippen molar-refractivity contribution < 1.29 is 19.0 Å². The number of nitrogens with zero attached hydrogens (tertiary/aromatic N) is 3. The van der Waals surface area contributed by atoms with Crippen molar-refractivity contribution in [2.24, 2.45) is 0 Å². The normalized spacial score (nSPS) is 11.4. The molecule has 0 saturated heterocycles. The van der Waals surface area contributed by atoms with E-state index in [2.05, 4.69) is 21.3 Å². The lowest BCUT2D eigenvalue weighted by Crippen LogP contribution is -2.07. The summed E-state index contributed by atoms with van der Waals surface area (Å²) >= 11 is 7.83. The quantitative estimate of drug-likeness (QED) is 0.136. The Morgan fingerprint density at radius 3 is 2.55 bits per heavy atom. The molecule has 0 spiro atoms. The van der Waals surface area contributed by atoms with Crippen LogP contribution in [0.25, 0.3) is 22.0 Å². The van der Waals surface area contributed by atoms with E-state index in [1.54, 1.807) is 27.0 Å². The summed E-state index contributed by atoms with van der Waals surface area (Å²) in [5, 5.41) is 11.1. The number of halogens is 1. The van der Waals surface area contributed by atoms with E-state index in [9.17, 15) is 4.79 Å². The molecule has 0 aliphatic carbocycles. The van der Waals surface area contributed by atoms with Crippen LogP contribution in [0.2, 0.25) is 0 Å². The molecule has 9 heteroatoms. The standard InChI is InChI=1S/C31H32ClN3O4S/c1-7-26(31(36)38-8-2)29-28(20(4)32)24(18-40-29)17-39-27-15-23(12-9-19(27)3)30-34-33-21(5)35(30)16-22-10-13-25(37-6)14-11-22/h7,9-15,18H,4,8,16-17H2,1-3,5-6H3/b26-7+. The van der Waals surface area contributed by atoms with Gasteiger partial charge in [-0.3, -0.25) is 0 Å². The van der Waals surface area contributed by atoms with Crippen LogP contribution >= 0.6 is 22.9 Å². The van der Waals surface area contributed by atoms with Crippen molar-refractivity contribution in [2.45, 2.75) is 40.8 Å². The second-order valence-electron chi connectivity index (χ2n) is 9.07. The van der Waals surface area contributed by atoms with E-state index in [1.807, 2.05) is 61.7 Å². The molecule has 7 nitrogen and oxygen atoms in total. The Bertz CT molecular complexity index is 1550. The Kier molecular flexibility index (Phi) is 9.45. The van der Waals surface area contributed by atoms with Crippen molar-refractivity contribution in [3.63, 3.8) is 0 Å². The molecule has 2 aromatic heterocycles. The van der Waals surface area contributed by atoms with Crippen LogP contribution in [0.15, 0.2) is 60.5 Å². The summed E-state index contributed by atoms with van der Waals surface area (Å²) in [5.74, 6) is 2.69. The van der Waals surface area contributed by atoms with Crippen LogP contribution < -0.4 is 9.47 Å². The summed E-state index contributed by atoms with van der Waals surface area (Å²) in [7, 11) is 1.65. The molecular weight excluding hydrogens is 546 g/mol. The van der Waals surface area contributed by atoms with Gasteiger partial charge < -0.3 is 18.8 Å². The maximum atomic E-state index is 12.5. The predicted molar refractivity (Wildman–Crippen MR) is 161 cm³/mol. The fourth-order valence-electron chi connectivity index (χ4n) is 4.29. The summed E-state index contributed by atoms with van der Waals surface area (Å²) in [5.41, 5.74) is 4.97. The number of hydrogen-bond donors (Lipinski definition) is 0. The summed E-state index contributed by atoms with van der Waals surface area (Å²) in [6.45, 7) is 12.6. The molecule has 0 aliphatic rings. The summed E-state index contributed by atoms with van der Waals surface area (Å²) in [4.78, 5) is 13.2. The van der Waals surface area contributed by atoms with Gasteiger partial charge in [0.05, 0.1) is 30.7 Å². The fourth-order valence-corrected chi connectivity index (χ4v) is 5.71. The minimum absolute atomic E-state index is 0.249. The zero-order valence-corrected chi connectivity index (χ0v) is 24.9. The first kappa shape index (κ1) is 29.1. The first-order valence-electron chi connectivity index (χ1n) is 12.8. The van der Waals surface area contributed by atoms with Gasteiger partial charge in [-0.1, -0.05) is 48.5 Å². The third-order valence-electron chi connectivity index (χ3n) is 6.43. The van der Waals surface area contributed by atoms with E-state index in [-0.39, 0.29) is 13.2 Å². The molecule has 0 radical (unpaired) electrons. The molecule has 0 saturated carbocycles. The Hall–Kier alpha value is -3.88. The van der Waals surface area contributed by atoms with E-state index < -0.39 is 5.97 Å². The van der Waals surface area contributed by atoms with Crippen LogP contribution in [0.1, 0.15) is 46.8 Å².